The fourth-order valence-corrected chi connectivity index (χ4v) is 2.47. The number of rotatable bonds is 6. The van der Waals surface area contributed by atoms with E-state index in [1.807, 2.05) is 19.1 Å². The molecule has 3 aromatic rings. The van der Waals surface area contributed by atoms with Crippen LogP contribution < -0.4 is 10.6 Å². The molecular formula is C18H18ClN5O2. The molecule has 0 aliphatic heterocycles. The van der Waals surface area contributed by atoms with Gasteiger partial charge in [0.2, 0.25) is 5.95 Å². The van der Waals surface area contributed by atoms with Crippen LogP contribution in [0.1, 0.15) is 6.92 Å². The van der Waals surface area contributed by atoms with Crippen LogP contribution in [0.15, 0.2) is 48.8 Å². The number of hydrogen-bond acceptors (Lipinski definition) is 7. The molecule has 4 N–H and O–H groups in total. The van der Waals surface area contributed by atoms with E-state index in [0.717, 1.165) is 5.56 Å². The molecule has 26 heavy (non-hydrogen) atoms. The summed E-state index contributed by atoms with van der Waals surface area (Å²) < 4.78 is 0. The van der Waals surface area contributed by atoms with Gasteiger partial charge in [-0.15, -0.1) is 0 Å². The lowest BCUT2D eigenvalue weighted by Crippen LogP contribution is -2.21. The number of anilines is 3. The zero-order chi connectivity index (χ0) is 18.5. The molecule has 0 fully saturated rings. The third-order valence-electron chi connectivity index (χ3n) is 3.55. The second-order valence-electron chi connectivity index (χ2n) is 5.72. The van der Waals surface area contributed by atoms with Gasteiger partial charge in [-0.2, -0.15) is 4.98 Å². The van der Waals surface area contributed by atoms with Crippen LogP contribution in [0.4, 0.5) is 17.5 Å². The number of phenols is 1. The first-order chi connectivity index (χ1) is 12.5. The summed E-state index contributed by atoms with van der Waals surface area (Å²) in [5.74, 6) is 0.961. The molecule has 3 rings (SSSR count). The minimum Gasteiger partial charge on any atom is -0.508 e. The normalized spacial score (nSPS) is 11.8. The van der Waals surface area contributed by atoms with Crippen molar-refractivity contribution in [1.29, 1.82) is 0 Å². The molecule has 1 atom stereocenters. The van der Waals surface area contributed by atoms with E-state index in [1.165, 1.54) is 12.1 Å². The molecule has 0 saturated heterocycles. The molecule has 0 bridgehead atoms. The Morgan fingerprint density at radius 1 is 1.19 bits per heavy atom. The van der Waals surface area contributed by atoms with Crippen molar-refractivity contribution in [3.05, 3.63) is 53.8 Å². The van der Waals surface area contributed by atoms with Crippen molar-refractivity contribution in [3.63, 3.8) is 0 Å². The molecule has 0 spiro atoms. The molecular weight excluding hydrogens is 354 g/mol. The molecule has 2 heterocycles. The Morgan fingerprint density at radius 3 is 2.73 bits per heavy atom. The van der Waals surface area contributed by atoms with Gasteiger partial charge in [-0.25, -0.2) is 4.98 Å². The highest BCUT2D eigenvalue weighted by Gasteiger charge is 2.11. The maximum Gasteiger partial charge on any atom is 0.225 e. The van der Waals surface area contributed by atoms with Crippen molar-refractivity contribution in [2.24, 2.45) is 0 Å². The van der Waals surface area contributed by atoms with E-state index < -0.39 is 0 Å². The fraction of sp³-hybridized carbons (Fsp3) is 0.167. The van der Waals surface area contributed by atoms with Crippen LogP contribution in [0.3, 0.4) is 0 Å². The van der Waals surface area contributed by atoms with Gasteiger partial charge in [0.15, 0.2) is 0 Å². The van der Waals surface area contributed by atoms with Crippen molar-refractivity contribution >= 4 is 29.1 Å². The number of nitrogens with zero attached hydrogens (tertiary/aromatic N) is 3. The average molecular weight is 372 g/mol. The summed E-state index contributed by atoms with van der Waals surface area (Å²) in [4.78, 5) is 13.0. The summed E-state index contributed by atoms with van der Waals surface area (Å²) in [6.07, 6.45) is 3.39. The topological polar surface area (TPSA) is 103 Å². The molecule has 0 saturated carbocycles. The molecule has 8 heteroatoms. The van der Waals surface area contributed by atoms with Gasteiger partial charge in [0.25, 0.3) is 0 Å². The highest BCUT2D eigenvalue weighted by Crippen LogP contribution is 2.29. The molecule has 7 nitrogen and oxygen atoms in total. The molecule has 2 aromatic heterocycles. The minimum atomic E-state index is -0.204. The number of pyridine rings is 1. The number of nitrogens with one attached hydrogen (secondary N) is 2. The molecule has 134 valence electrons. The quantitative estimate of drug-likeness (QED) is 0.492. The van der Waals surface area contributed by atoms with Crippen LogP contribution in [0.25, 0.3) is 11.3 Å². The van der Waals surface area contributed by atoms with Crippen molar-refractivity contribution in [1.82, 2.24) is 15.0 Å². The highest BCUT2D eigenvalue weighted by molar-refractivity contribution is 6.33. The first-order valence-electron chi connectivity index (χ1n) is 7.97. The van der Waals surface area contributed by atoms with E-state index in [1.54, 1.807) is 24.5 Å². The van der Waals surface area contributed by atoms with Crippen molar-refractivity contribution < 1.29 is 10.2 Å². The summed E-state index contributed by atoms with van der Waals surface area (Å²) in [7, 11) is 0. The first kappa shape index (κ1) is 17.9. The molecule has 0 radical (unpaired) electrons. The van der Waals surface area contributed by atoms with Crippen molar-refractivity contribution in [3.8, 4) is 17.0 Å². The fourth-order valence-electron chi connectivity index (χ4n) is 2.25. The Kier molecular flexibility index (Phi) is 5.50. The Balaban J connectivity index is 1.98. The molecule has 1 aromatic carbocycles. The zero-order valence-corrected chi connectivity index (χ0v) is 14.8. The first-order valence-corrected chi connectivity index (χ1v) is 8.35. The number of halogens is 1. The summed E-state index contributed by atoms with van der Waals surface area (Å²) in [6.45, 7) is 1.77. The second-order valence-corrected chi connectivity index (χ2v) is 6.13. The lowest BCUT2D eigenvalue weighted by molar-refractivity contribution is 0.281. The van der Waals surface area contributed by atoms with Crippen molar-refractivity contribution in [2.75, 3.05) is 17.2 Å². The van der Waals surface area contributed by atoms with E-state index in [4.69, 9.17) is 11.6 Å². The van der Waals surface area contributed by atoms with E-state index in [0.29, 0.717) is 28.2 Å². The number of aromatic nitrogens is 3. The summed E-state index contributed by atoms with van der Waals surface area (Å²) in [5, 5.41) is 25.3. The number of aliphatic hydroxyl groups excluding tert-OH is 1. The SMILES string of the molecule is C[C@H](CO)Nc1nc(Nc2ccc(O)cc2Cl)cc(-c2cccnc2)n1. The molecule has 0 aliphatic rings. The molecule has 0 unspecified atom stereocenters. The second kappa shape index (κ2) is 7.99. The average Bonchev–Trinajstić information content (AvgIpc) is 2.64. The van der Waals surface area contributed by atoms with Gasteiger partial charge >= 0.3 is 0 Å². The standard InChI is InChI=1S/C18H18ClN5O2/c1-11(10-25)21-18-23-16(12-3-2-6-20-9-12)8-17(24-18)22-15-5-4-13(26)7-14(15)19/h2-9,11,25-26H,10H2,1H3,(H2,21,22,23,24)/t11-/m1/s1. The predicted octanol–water partition coefficient (Wildman–Crippen LogP) is 3.43. The van der Waals surface area contributed by atoms with E-state index in [2.05, 4.69) is 25.6 Å². The third kappa shape index (κ3) is 4.38. The number of phenolic OH excluding ortho intramolecular Hbond substituents is 1. The van der Waals surface area contributed by atoms with E-state index >= 15 is 0 Å². The maximum atomic E-state index is 9.49. The van der Waals surface area contributed by atoms with E-state index in [9.17, 15) is 10.2 Å². The summed E-state index contributed by atoms with van der Waals surface area (Å²) in [6, 6.07) is 9.92. The lowest BCUT2D eigenvalue weighted by Gasteiger charge is -2.14. The van der Waals surface area contributed by atoms with Crippen LogP contribution in [0, 0.1) is 0 Å². The van der Waals surface area contributed by atoms with Gasteiger partial charge in [-0.1, -0.05) is 11.6 Å². The summed E-state index contributed by atoms with van der Waals surface area (Å²) >= 11 is 6.16. The Bertz CT molecular complexity index is 892. The van der Waals surface area contributed by atoms with Gasteiger partial charge in [0.1, 0.15) is 11.6 Å². The lowest BCUT2D eigenvalue weighted by atomic mass is 10.2. The van der Waals surface area contributed by atoms with Gasteiger partial charge < -0.3 is 20.8 Å². The van der Waals surface area contributed by atoms with Crippen LogP contribution in [0.2, 0.25) is 5.02 Å². The minimum absolute atomic E-state index is 0.0486. The highest BCUT2D eigenvalue weighted by atomic mass is 35.5. The third-order valence-corrected chi connectivity index (χ3v) is 3.86. The van der Waals surface area contributed by atoms with Gasteiger partial charge in [-0.3, -0.25) is 4.98 Å². The van der Waals surface area contributed by atoms with Gasteiger partial charge in [0, 0.05) is 36.1 Å². The van der Waals surface area contributed by atoms with Gasteiger partial charge in [-0.05, 0) is 31.2 Å². The number of aromatic hydroxyl groups is 1. The number of aliphatic hydroxyl groups is 1. The monoisotopic (exact) mass is 371 g/mol. The van der Waals surface area contributed by atoms with Crippen molar-refractivity contribution in [2.45, 2.75) is 13.0 Å². The summed E-state index contributed by atoms with van der Waals surface area (Å²) in [5.41, 5.74) is 2.09. The van der Waals surface area contributed by atoms with Crippen LogP contribution in [0.5, 0.6) is 5.75 Å². The Morgan fingerprint density at radius 2 is 2.04 bits per heavy atom. The maximum absolute atomic E-state index is 9.49. The molecule has 0 aliphatic carbocycles. The number of hydrogen-bond donors (Lipinski definition) is 4. The Hall–Kier alpha value is -2.90. The van der Waals surface area contributed by atoms with Crippen LogP contribution in [-0.2, 0) is 0 Å². The smallest absolute Gasteiger partial charge is 0.225 e. The zero-order valence-electron chi connectivity index (χ0n) is 14.0. The molecule has 0 amide bonds. The largest absolute Gasteiger partial charge is 0.508 e. The predicted molar refractivity (Wildman–Crippen MR) is 102 cm³/mol. The number of benzene rings is 1. The van der Waals surface area contributed by atoms with Gasteiger partial charge in [0.05, 0.1) is 23.0 Å². The Labute approximate surface area is 155 Å². The van der Waals surface area contributed by atoms with Crippen LogP contribution in [-0.4, -0.2) is 37.8 Å². The van der Waals surface area contributed by atoms with Crippen LogP contribution >= 0.6 is 11.6 Å². The van der Waals surface area contributed by atoms with E-state index in [-0.39, 0.29) is 18.4 Å².